The Morgan fingerprint density at radius 1 is 1.14 bits per heavy atom. The number of aromatic nitrogens is 3. The number of aromatic amines is 1. The topological polar surface area (TPSA) is 91.3 Å². The molecule has 0 aliphatic carbocycles. The third kappa shape index (κ3) is 3.40. The molecule has 29 heavy (non-hydrogen) atoms. The van der Waals surface area contributed by atoms with Crippen molar-refractivity contribution < 1.29 is 9.84 Å². The molecule has 0 amide bonds. The number of allylic oxidation sites excluding steroid dienone is 2. The highest BCUT2D eigenvalue weighted by Crippen LogP contribution is 2.32. The summed E-state index contributed by atoms with van der Waals surface area (Å²) in [6.45, 7) is 3.95. The van der Waals surface area contributed by atoms with Gasteiger partial charge in [0.1, 0.15) is 5.76 Å². The number of hydrogen-bond donors (Lipinski definition) is 2. The van der Waals surface area contributed by atoms with Crippen molar-refractivity contribution in [3.63, 3.8) is 0 Å². The maximum absolute atomic E-state index is 12.4. The van der Waals surface area contributed by atoms with Gasteiger partial charge in [0, 0.05) is 35.6 Å². The molecule has 2 N–H and O–H groups in total. The zero-order chi connectivity index (χ0) is 20.5. The van der Waals surface area contributed by atoms with Crippen LogP contribution in [0, 0.1) is 0 Å². The number of nitrogens with zero attached hydrogens (tertiary/aromatic N) is 3. The largest absolute Gasteiger partial charge is 0.496 e. The lowest BCUT2D eigenvalue weighted by Crippen LogP contribution is -2.39. The third-order valence-corrected chi connectivity index (χ3v) is 4.86. The molecule has 2 aromatic heterocycles. The zero-order valence-corrected chi connectivity index (χ0v) is 16.5. The first-order chi connectivity index (χ1) is 14.0. The predicted molar refractivity (Wildman–Crippen MR) is 112 cm³/mol. The number of hydrogen-bond acceptors (Lipinski definition) is 6. The fourth-order valence-electron chi connectivity index (χ4n) is 3.35. The van der Waals surface area contributed by atoms with Crippen molar-refractivity contribution >= 4 is 16.7 Å². The van der Waals surface area contributed by atoms with E-state index in [-0.39, 0.29) is 17.0 Å². The fraction of sp³-hybridized carbons (Fsp3) is 0.227. The molecule has 4 rings (SSSR count). The van der Waals surface area contributed by atoms with Crippen LogP contribution in [0.15, 0.2) is 65.4 Å². The summed E-state index contributed by atoms with van der Waals surface area (Å²) in [7, 11) is 1.52. The third-order valence-electron chi connectivity index (χ3n) is 4.86. The molecule has 0 radical (unpaired) electrons. The van der Waals surface area contributed by atoms with Crippen LogP contribution in [-0.2, 0) is 4.74 Å². The Bertz CT molecular complexity index is 1170. The van der Waals surface area contributed by atoms with Gasteiger partial charge in [0.15, 0.2) is 17.4 Å². The van der Waals surface area contributed by atoms with Gasteiger partial charge in [-0.2, -0.15) is 0 Å². The predicted octanol–water partition coefficient (Wildman–Crippen LogP) is 2.90. The van der Waals surface area contributed by atoms with Gasteiger partial charge < -0.3 is 19.7 Å². The Kier molecular flexibility index (Phi) is 4.90. The van der Waals surface area contributed by atoms with Gasteiger partial charge in [-0.1, -0.05) is 30.3 Å². The van der Waals surface area contributed by atoms with Gasteiger partial charge >= 0.3 is 0 Å². The lowest BCUT2D eigenvalue weighted by molar-refractivity contribution is 0.00597. The average molecular weight is 390 g/mol. The number of methoxy groups -OCH3 is 1. The molecule has 1 atom stereocenters. The number of benzene rings is 1. The zero-order valence-electron chi connectivity index (χ0n) is 16.5. The van der Waals surface area contributed by atoms with Crippen LogP contribution in [0.5, 0.6) is 0 Å². The molecular weight excluding hydrogens is 368 g/mol. The van der Waals surface area contributed by atoms with Crippen molar-refractivity contribution in [2.24, 2.45) is 0 Å². The van der Waals surface area contributed by atoms with E-state index in [0.29, 0.717) is 28.4 Å². The Hall–Kier alpha value is -3.45. The molecule has 3 heterocycles. The molecule has 3 aromatic rings. The first kappa shape index (κ1) is 18.9. The molecular formula is C22H22N4O3. The van der Waals surface area contributed by atoms with E-state index < -0.39 is 6.23 Å². The highest BCUT2D eigenvalue weighted by Gasteiger charge is 2.28. The van der Waals surface area contributed by atoms with Crippen molar-refractivity contribution in [3.8, 4) is 11.3 Å². The van der Waals surface area contributed by atoms with Crippen molar-refractivity contribution in [2.45, 2.75) is 26.1 Å². The summed E-state index contributed by atoms with van der Waals surface area (Å²) in [5.74, 6) is 0.402. The smallest absolute Gasteiger partial charge is 0.209 e. The second-order valence-corrected chi connectivity index (χ2v) is 7.08. The molecule has 7 heteroatoms. The maximum Gasteiger partial charge on any atom is 0.209 e. The molecule has 1 aromatic carbocycles. The summed E-state index contributed by atoms with van der Waals surface area (Å²) in [5.41, 5.74) is 3.24. The van der Waals surface area contributed by atoms with Gasteiger partial charge in [0.05, 0.1) is 18.5 Å². The second kappa shape index (κ2) is 7.52. The first-order valence-corrected chi connectivity index (χ1v) is 9.37. The molecule has 0 bridgehead atoms. The molecule has 148 valence electrons. The quantitative estimate of drug-likeness (QED) is 0.712. The number of aliphatic hydroxyl groups is 1. The number of pyridine rings is 1. The minimum atomic E-state index is -0.888. The molecule has 1 unspecified atom stereocenters. The lowest BCUT2D eigenvalue weighted by atomic mass is 10.0. The number of H-pyrrole nitrogens is 1. The Morgan fingerprint density at radius 2 is 1.90 bits per heavy atom. The van der Waals surface area contributed by atoms with Crippen molar-refractivity contribution in [3.05, 3.63) is 76.5 Å². The number of nitrogens with one attached hydrogen (secondary N) is 1. The molecule has 0 saturated carbocycles. The maximum atomic E-state index is 12.4. The molecule has 1 aliphatic heterocycles. The van der Waals surface area contributed by atoms with Gasteiger partial charge in [0.2, 0.25) is 5.43 Å². The van der Waals surface area contributed by atoms with Crippen LogP contribution in [0.4, 0.5) is 0 Å². The monoisotopic (exact) mass is 390 g/mol. The number of ether oxygens (including phenoxy) is 1. The van der Waals surface area contributed by atoms with Crippen molar-refractivity contribution in [1.29, 1.82) is 0 Å². The van der Waals surface area contributed by atoms with Crippen LogP contribution in [0.2, 0.25) is 0 Å². The van der Waals surface area contributed by atoms with E-state index in [1.54, 1.807) is 17.2 Å². The summed E-state index contributed by atoms with van der Waals surface area (Å²) in [5, 5.41) is 10.6. The van der Waals surface area contributed by atoms with E-state index in [9.17, 15) is 9.90 Å². The van der Waals surface area contributed by atoms with Gasteiger partial charge in [-0.05, 0) is 19.9 Å². The Balaban J connectivity index is 2.01. The second-order valence-electron chi connectivity index (χ2n) is 7.08. The number of aliphatic hydroxyl groups excluding tert-OH is 1. The SMILES string of the molecule is COC1=CC(c2nc3c(=O)cc[nH]c3nc2-c2ccccc2)=CN(C(C)C)C1O. The number of rotatable bonds is 4. The molecule has 0 saturated heterocycles. The van der Waals surface area contributed by atoms with Crippen LogP contribution in [0.25, 0.3) is 28.0 Å². The van der Waals surface area contributed by atoms with E-state index in [4.69, 9.17) is 9.72 Å². The Labute approximate surface area is 168 Å². The van der Waals surface area contributed by atoms with Gasteiger partial charge in [-0.3, -0.25) is 4.79 Å². The van der Waals surface area contributed by atoms with Crippen LogP contribution in [0.1, 0.15) is 19.5 Å². The van der Waals surface area contributed by atoms with E-state index in [1.165, 1.54) is 13.2 Å². The highest BCUT2D eigenvalue weighted by atomic mass is 16.5. The van der Waals surface area contributed by atoms with E-state index in [1.807, 2.05) is 50.4 Å². The van der Waals surface area contributed by atoms with E-state index in [0.717, 1.165) is 5.56 Å². The summed E-state index contributed by atoms with van der Waals surface area (Å²) < 4.78 is 5.40. The Morgan fingerprint density at radius 3 is 2.59 bits per heavy atom. The lowest BCUT2D eigenvalue weighted by Gasteiger charge is -2.34. The van der Waals surface area contributed by atoms with Crippen LogP contribution in [-0.4, -0.2) is 44.3 Å². The van der Waals surface area contributed by atoms with Gasteiger partial charge in [0.25, 0.3) is 0 Å². The highest BCUT2D eigenvalue weighted by molar-refractivity contribution is 5.86. The van der Waals surface area contributed by atoms with Crippen molar-refractivity contribution in [2.75, 3.05) is 7.11 Å². The standard InChI is InChI=1S/C22H22N4O3/c1-13(2)26-12-15(11-17(29-3)22(26)28)19-18(14-7-5-4-6-8-14)25-21-20(24-19)16(27)9-10-23-21/h4-13,22,28H,1-3H3,(H,23,25,27). The normalized spacial score (nSPS) is 16.7. The van der Waals surface area contributed by atoms with E-state index >= 15 is 0 Å². The molecule has 0 fully saturated rings. The minimum absolute atomic E-state index is 0.0239. The first-order valence-electron chi connectivity index (χ1n) is 9.37. The van der Waals surface area contributed by atoms with E-state index in [2.05, 4.69) is 9.97 Å². The summed E-state index contributed by atoms with van der Waals surface area (Å²) in [4.78, 5) is 26.5. The summed E-state index contributed by atoms with van der Waals surface area (Å²) in [6.07, 6.45) is 4.24. The molecule has 0 spiro atoms. The fourth-order valence-corrected chi connectivity index (χ4v) is 3.35. The summed E-state index contributed by atoms with van der Waals surface area (Å²) in [6, 6.07) is 11.1. The van der Waals surface area contributed by atoms with Crippen LogP contribution in [0.3, 0.4) is 0 Å². The molecule has 1 aliphatic rings. The molecule has 7 nitrogen and oxygen atoms in total. The van der Waals surface area contributed by atoms with Crippen molar-refractivity contribution in [1.82, 2.24) is 19.9 Å². The number of fused-ring (bicyclic) bond motifs is 1. The van der Waals surface area contributed by atoms with Crippen LogP contribution < -0.4 is 5.43 Å². The van der Waals surface area contributed by atoms with Gasteiger partial charge in [-0.25, -0.2) is 9.97 Å². The van der Waals surface area contributed by atoms with Gasteiger partial charge in [-0.15, -0.1) is 0 Å². The minimum Gasteiger partial charge on any atom is -0.496 e. The van der Waals surface area contributed by atoms with Crippen LogP contribution >= 0.6 is 0 Å². The average Bonchev–Trinajstić information content (AvgIpc) is 2.74. The summed E-state index contributed by atoms with van der Waals surface area (Å²) >= 11 is 0.